The van der Waals surface area contributed by atoms with Crippen LogP contribution in [0.1, 0.15) is 30.9 Å². The lowest BCUT2D eigenvalue weighted by Crippen LogP contribution is -2.36. The van der Waals surface area contributed by atoms with Crippen LogP contribution in [0.3, 0.4) is 0 Å². The second kappa shape index (κ2) is 5.38. The quantitative estimate of drug-likeness (QED) is 0.844. The topological polar surface area (TPSA) is 66.4 Å². The monoisotopic (exact) mass is 269 g/mol. The van der Waals surface area contributed by atoms with E-state index in [2.05, 4.69) is 4.72 Å². The molecule has 0 aromatic heterocycles. The van der Waals surface area contributed by atoms with E-state index in [0.29, 0.717) is 11.3 Å². The van der Waals surface area contributed by atoms with E-state index in [1.54, 1.807) is 12.1 Å². The van der Waals surface area contributed by atoms with Crippen LogP contribution in [0, 0.1) is 0 Å². The van der Waals surface area contributed by atoms with Crippen LogP contribution < -0.4 is 4.72 Å². The molecule has 18 heavy (non-hydrogen) atoms. The van der Waals surface area contributed by atoms with Crippen LogP contribution in [0.4, 0.5) is 0 Å². The van der Waals surface area contributed by atoms with Crippen molar-refractivity contribution in [2.24, 2.45) is 0 Å². The first-order chi connectivity index (χ1) is 8.56. The molecule has 0 fully saturated rings. The number of nitrogens with one attached hydrogen (secondary N) is 1. The average Bonchev–Trinajstić information content (AvgIpc) is 2.83. The summed E-state index contributed by atoms with van der Waals surface area (Å²) in [7, 11) is -3.52. The molecule has 0 spiro atoms. The zero-order valence-corrected chi connectivity index (χ0v) is 11.3. The van der Waals surface area contributed by atoms with Gasteiger partial charge in [0, 0.05) is 6.04 Å². The zero-order valence-electron chi connectivity index (χ0n) is 10.5. The molecular weight excluding hydrogens is 250 g/mol. The summed E-state index contributed by atoms with van der Waals surface area (Å²) >= 11 is 0. The maximum absolute atomic E-state index is 12.1. The lowest BCUT2D eigenvalue weighted by molar-refractivity contribution is 0.254. The Kier molecular flexibility index (Phi) is 4.04. The normalized spacial score (nSPS) is 16.6. The molecule has 1 aromatic rings. The lowest BCUT2D eigenvalue weighted by Gasteiger charge is -2.15. The predicted molar refractivity (Wildman–Crippen MR) is 70.0 cm³/mol. The average molecular weight is 269 g/mol. The lowest BCUT2D eigenvalue weighted by atomic mass is 10.1. The summed E-state index contributed by atoms with van der Waals surface area (Å²) < 4.78 is 26.8. The standard InChI is InChI=1S/C13H19NO3S/c1-2-12(9-15)14-18(16,17)13-7-6-10-4-3-5-11(10)8-13/h6-8,12,14-15H,2-5,9H2,1H3/t12-/m1/s1. The third-order valence-corrected chi connectivity index (χ3v) is 4.93. The van der Waals surface area contributed by atoms with Gasteiger partial charge in [-0.05, 0) is 48.9 Å². The number of aliphatic hydroxyl groups is 1. The SMILES string of the molecule is CC[C@H](CO)NS(=O)(=O)c1ccc2c(c1)CCC2. The fourth-order valence-corrected chi connectivity index (χ4v) is 3.61. The summed E-state index contributed by atoms with van der Waals surface area (Å²) in [5.41, 5.74) is 2.39. The van der Waals surface area contributed by atoms with Gasteiger partial charge in [-0.3, -0.25) is 0 Å². The Morgan fingerprint density at radius 2 is 2.06 bits per heavy atom. The van der Waals surface area contributed by atoms with Gasteiger partial charge >= 0.3 is 0 Å². The minimum Gasteiger partial charge on any atom is -0.395 e. The maximum atomic E-state index is 12.1. The molecule has 0 aliphatic heterocycles. The van der Waals surface area contributed by atoms with Gasteiger partial charge in [0.2, 0.25) is 10.0 Å². The van der Waals surface area contributed by atoms with Crippen LogP contribution >= 0.6 is 0 Å². The smallest absolute Gasteiger partial charge is 0.240 e. The third-order valence-electron chi connectivity index (χ3n) is 3.42. The maximum Gasteiger partial charge on any atom is 0.240 e. The van der Waals surface area contributed by atoms with Gasteiger partial charge in [0.05, 0.1) is 11.5 Å². The van der Waals surface area contributed by atoms with E-state index in [4.69, 9.17) is 5.11 Å². The Hall–Kier alpha value is -0.910. The molecule has 1 aliphatic carbocycles. The van der Waals surface area contributed by atoms with E-state index < -0.39 is 16.1 Å². The molecule has 0 amide bonds. The Labute approximate surface area is 108 Å². The molecule has 0 saturated carbocycles. The molecule has 0 heterocycles. The van der Waals surface area contributed by atoms with E-state index in [1.807, 2.05) is 13.0 Å². The van der Waals surface area contributed by atoms with Crippen molar-refractivity contribution in [1.29, 1.82) is 0 Å². The van der Waals surface area contributed by atoms with Crippen molar-refractivity contribution in [3.8, 4) is 0 Å². The molecule has 1 atom stereocenters. The van der Waals surface area contributed by atoms with Crippen molar-refractivity contribution in [3.05, 3.63) is 29.3 Å². The number of fused-ring (bicyclic) bond motifs is 1. The number of rotatable bonds is 5. The summed E-state index contributed by atoms with van der Waals surface area (Å²) in [4.78, 5) is 0.301. The van der Waals surface area contributed by atoms with Gasteiger partial charge in [-0.25, -0.2) is 13.1 Å². The van der Waals surface area contributed by atoms with Gasteiger partial charge in [-0.2, -0.15) is 0 Å². The minimum absolute atomic E-state index is 0.180. The van der Waals surface area contributed by atoms with Crippen molar-refractivity contribution < 1.29 is 13.5 Å². The third kappa shape index (κ3) is 2.74. The Balaban J connectivity index is 2.24. The van der Waals surface area contributed by atoms with E-state index >= 15 is 0 Å². The fraction of sp³-hybridized carbons (Fsp3) is 0.538. The Morgan fingerprint density at radius 1 is 1.33 bits per heavy atom. The molecule has 0 saturated heterocycles. The number of aryl methyl sites for hydroxylation is 2. The van der Waals surface area contributed by atoms with E-state index in [-0.39, 0.29) is 6.61 Å². The molecule has 2 rings (SSSR count). The summed E-state index contributed by atoms with van der Waals surface area (Å²) in [6.07, 6.45) is 3.66. The minimum atomic E-state index is -3.52. The largest absolute Gasteiger partial charge is 0.395 e. The molecule has 100 valence electrons. The van der Waals surface area contributed by atoms with Crippen molar-refractivity contribution >= 4 is 10.0 Å². The van der Waals surface area contributed by atoms with Crippen LogP contribution in [-0.2, 0) is 22.9 Å². The first kappa shape index (κ1) is 13.5. The highest BCUT2D eigenvalue weighted by molar-refractivity contribution is 7.89. The molecule has 1 aromatic carbocycles. The second-order valence-corrected chi connectivity index (χ2v) is 6.41. The van der Waals surface area contributed by atoms with Crippen LogP contribution in [-0.4, -0.2) is 26.2 Å². The first-order valence-electron chi connectivity index (χ1n) is 6.32. The Morgan fingerprint density at radius 3 is 2.72 bits per heavy atom. The van der Waals surface area contributed by atoms with Gasteiger partial charge in [0.15, 0.2) is 0 Å². The van der Waals surface area contributed by atoms with Crippen molar-refractivity contribution in [1.82, 2.24) is 4.72 Å². The van der Waals surface area contributed by atoms with E-state index in [0.717, 1.165) is 24.8 Å². The Bertz CT molecular complexity index is 521. The van der Waals surface area contributed by atoms with Gasteiger partial charge in [-0.1, -0.05) is 13.0 Å². The van der Waals surface area contributed by atoms with Crippen LogP contribution in [0.2, 0.25) is 0 Å². The molecule has 0 bridgehead atoms. The number of benzene rings is 1. The molecule has 2 N–H and O–H groups in total. The number of hydrogen-bond donors (Lipinski definition) is 2. The van der Waals surface area contributed by atoms with Gasteiger partial charge in [0.25, 0.3) is 0 Å². The number of hydrogen-bond acceptors (Lipinski definition) is 3. The van der Waals surface area contributed by atoms with Gasteiger partial charge < -0.3 is 5.11 Å². The summed E-state index contributed by atoms with van der Waals surface area (Å²) in [5.74, 6) is 0. The molecule has 4 nitrogen and oxygen atoms in total. The van der Waals surface area contributed by atoms with Crippen LogP contribution in [0.5, 0.6) is 0 Å². The van der Waals surface area contributed by atoms with E-state index in [1.165, 1.54) is 5.56 Å². The molecule has 1 aliphatic rings. The van der Waals surface area contributed by atoms with Crippen LogP contribution in [0.15, 0.2) is 23.1 Å². The first-order valence-corrected chi connectivity index (χ1v) is 7.80. The summed E-state index contributed by atoms with van der Waals surface area (Å²) in [5, 5.41) is 9.06. The number of aliphatic hydroxyl groups excluding tert-OH is 1. The molecule has 0 radical (unpaired) electrons. The molecule has 5 heteroatoms. The zero-order chi connectivity index (χ0) is 13.2. The van der Waals surface area contributed by atoms with Crippen LogP contribution in [0.25, 0.3) is 0 Å². The highest BCUT2D eigenvalue weighted by Crippen LogP contribution is 2.24. The van der Waals surface area contributed by atoms with Gasteiger partial charge in [-0.15, -0.1) is 0 Å². The molecular formula is C13H19NO3S. The number of sulfonamides is 1. The van der Waals surface area contributed by atoms with E-state index in [9.17, 15) is 8.42 Å². The summed E-state index contributed by atoms with van der Waals surface area (Å²) in [6.45, 7) is 1.66. The van der Waals surface area contributed by atoms with Crippen molar-refractivity contribution in [3.63, 3.8) is 0 Å². The molecule has 0 unspecified atom stereocenters. The van der Waals surface area contributed by atoms with Crippen molar-refractivity contribution in [2.45, 2.75) is 43.5 Å². The second-order valence-electron chi connectivity index (χ2n) is 4.69. The highest BCUT2D eigenvalue weighted by atomic mass is 32.2. The highest BCUT2D eigenvalue weighted by Gasteiger charge is 2.20. The predicted octanol–water partition coefficient (Wildman–Crippen LogP) is 1.22. The van der Waals surface area contributed by atoms with Crippen molar-refractivity contribution in [2.75, 3.05) is 6.61 Å². The fourth-order valence-electron chi connectivity index (χ4n) is 2.25. The van der Waals surface area contributed by atoms with Gasteiger partial charge in [0.1, 0.15) is 0 Å². The summed E-state index contributed by atoms with van der Waals surface area (Å²) in [6, 6.07) is 4.89.